The Morgan fingerprint density at radius 1 is 1.12 bits per heavy atom. The van der Waals surface area contributed by atoms with E-state index in [1.807, 2.05) is 0 Å². The molecule has 2 amide bonds. The highest BCUT2D eigenvalue weighted by atomic mass is 79.9. The molecule has 0 spiro atoms. The molecule has 5 rings (SSSR count). The molecule has 0 radical (unpaired) electrons. The minimum absolute atomic E-state index is 0.00225. The Morgan fingerprint density at radius 3 is 2.40 bits per heavy atom. The van der Waals surface area contributed by atoms with E-state index >= 15 is 0 Å². The van der Waals surface area contributed by atoms with Gasteiger partial charge in [-0.05, 0) is 68.1 Å². The number of alkyl halides is 3. The molecule has 0 aliphatic carbocycles. The Kier molecular flexibility index (Phi) is 7.78. The molecule has 1 N–H and O–H groups in total. The lowest BCUT2D eigenvalue weighted by molar-refractivity contribution is -0.138. The van der Waals surface area contributed by atoms with Crippen LogP contribution in [-0.4, -0.2) is 44.0 Å². The summed E-state index contributed by atoms with van der Waals surface area (Å²) in [7, 11) is 1.54. The summed E-state index contributed by atoms with van der Waals surface area (Å²) in [6.45, 7) is 5.87. The molecular formula is C30H29BrF3N5O3. The lowest BCUT2D eigenvalue weighted by Crippen LogP contribution is -2.46. The van der Waals surface area contributed by atoms with E-state index in [-0.39, 0.29) is 40.4 Å². The van der Waals surface area contributed by atoms with Crippen LogP contribution in [0.5, 0.6) is 0 Å². The van der Waals surface area contributed by atoms with Gasteiger partial charge in [-0.3, -0.25) is 19.0 Å². The fourth-order valence-electron chi connectivity index (χ4n) is 5.43. The highest BCUT2D eigenvalue weighted by Gasteiger charge is 2.36. The number of carbonyl (C=O) groups is 2. The number of rotatable bonds is 5. The number of hydrogen-bond acceptors (Lipinski definition) is 4. The van der Waals surface area contributed by atoms with Crippen LogP contribution >= 0.6 is 15.9 Å². The van der Waals surface area contributed by atoms with Crippen LogP contribution in [0, 0.1) is 5.92 Å². The van der Waals surface area contributed by atoms with Crippen LogP contribution in [0.1, 0.15) is 63.9 Å². The molecule has 2 aromatic carbocycles. The van der Waals surface area contributed by atoms with Crippen LogP contribution in [0.3, 0.4) is 0 Å². The van der Waals surface area contributed by atoms with E-state index in [9.17, 15) is 27.6 Å². The van der Waals surface area contributed by atoms with Gasteiger partial charge in [-0.15, -0.1) is 0 Å². The van der Waals surface area contributed by atoms with E-state index in [2.05, 4.69) is 40.2 Å². The van der Waals surface area contributed by atoms with Crippen molar-refractivity contribution in [2.45, 2.75) is 52.4 Å². The number of hydrogen-bond donors (Lipinski definition) is 1. The molecule has 0 saturated heterocycles. The van der Waals surface area contributed by atoms with E-state index in [4.69, 9.17) is 0 Å². The summed E-state index contributed by atoms with van der Waals surface area (Å²) in [5.41, 5.74) is 2.08. The molecule has 8 nitrogen and oxygen atoms in total. The summed E-state index contributed by atoms with van der Waals surface area (Å²) in [4.78, 5) is 41.3. The van der Waals surface area contributed by atoms with Crippen molar-refractivity contribution >= 4 is 33.4 Å². The van der Waals surface area contributed by atoms with Crippen LogP contribution in [0.25, 0.3) is 11.3 Å². The number of halogens is 4. The number of fused-ring (bicyclic) bond motifs is 3. The smallest absolute Gasteiger partial charge is 0.355 e. The molecule has 1 atom stereocenters. The third kappa shape index (κ3) is 5.23. The zero-order valence-corrected chi connectivity index (χ0v) is 25.0. The molecule has 0 fully saturated rings. The number of benzene rings is 2. The molecule has 2 aromatic heterocycles. The zero-order chi connectivity index (χ0) is 30.5. The van der Waals surface area contributed by atoms with Gasteiger partial charge in [0, 0.05) is 39.8 Å². The Labute approximate surface area is 248 Å². The largest absolute Gasteiger partial charge is 0.417 e. The van der Waals surface area contributed by atoms with Crippen molar-refractivity contribution in [1.29, 1.82) is 0 Å². The van der Waals surface area contributed by atoms with E-state index < -0.39 is 23.7 Å². The first-order chi connectivity index (χ1) is 19.8. The van der Waals surface area contributed by atoms with Crippen LogP contribution in [0.15, 0.2) is 57.9 Å². The molecule has 0 bridgehead atoms. The Bertz CT molecular complexity index is 1760. The van der Waals surface area contributed by atoms with Gasteiger partial charge in [0.2, 0.25) is 0 Å². The van der Waals surface area contributed by atoms with Crippen LogP contribution in [0.2, 0.25) is 0 Å². The summed E-state index contributed by atoms with van der Waals surface area (Å²) < 4.78 is 43.8. The Hall–Kier alpha value is -3.93. The molecule has 3 heterocycles. The van der Waals surface area contributed by atoms with Crippen molar-refractivity contribution in [3.63, 3.8) is 0 Å². The molecule has 1 unspecified atom stereocenters. The molecule has 1 aliphatic rings. The van der Waals surface area contributed by atoms with Crippen molar-refractivity contribution in [3.05, 3.63) is 97.0 Å². The second-order valence-electron chi connectivity index (χ2n) is 10.9. The van der Waals surface area contributed by atoms with Gasteiger partial charge >= 0.3 is 6.18 Å². The van der Waals surface area contributed by atoms with E-state index in [1.54, 1.807) is 53.5 Å². The summed E-state index contributed by atoms with van der Waals surface area (Å²) in [6.07, 6.45) is -2.10. The van der Waals surface area contributed by atoms with Crippen molar-refractivity contribution in [1.82, 2.24) is 24.4 Å². The van der Waals surface area contributed by atoms with Gasteiger partial charge in [-0.1, -0.05) is 29.8 Å². The fourth-order valence-corrected chi connectivity index (χ4v) is 5.90. The number of carbonyl (C=O) groups excluding carboxylic acids is 2. The van der Waals surface area contributed by atoms with E-state index in [1.165, 1.54) is 17.0 Å². The molecule has 220 valence electrons. The maximum absolute atomic E-state index is 14.1. The van der Waals surface area contributed by atoms with Crippen molar-refractivity contribution in [2.24, 2.45) is 5.92 Å². The third-order valence-electron chi connectivity index (χ3n) is 7.47. The summed E-state index contributed by atoms with van der Waals surface area (Å²) >= 11 is 2.93. The lowest BCUT2D eigenvalue weighted by atomic mass is 9.97. The molecule has 42 heavy (non-hydrogen) atoms. The monoisotopic (exact) mass is 643 g/mol. The third-order valence-corrected chi connectivity index (χ3v) is 8.16. The topological polar surface area (TPSA) is 88.7 Å². The summed E-state index contributed by atoms with van der Waals surface area (Å²) in [5.74, 6) is -0.560. The first-order valence-electron chi connectivity index (χ1n) is 13.4. The van der Waals surface area contributed by atoms with Gasteiger partial charge in [0.15, 0.2) is 0 Å². The number of amides is 2. The highest BCUT2D eigenvalue weighted by molar-refractivity contribution is 9.10. The van der Waals surface area contributed by atoms with E-state index in [0.29, 0.717) is 34.6 Å². The molecule has 0 saturated carbocycles. The van der Waals surface area contributed by atoms with Crippen molar-refractivity contribution in [3.8, 4) is 5.69 Å². The lowest BCUT2D eigenvalue weighted by Gasteiger charge is -2.35. The first-order valence-corrected chi connectivity index (χ1v) is 14.2. The zero-order valence-electron chi connectivity index (χ0n) is 23.4. The quantitative estimate of drug-likeness (QED) is 0.315. The van der Waals surface area contributed by atoms with Crippen LogP contribution < -0.4 is 10.9 Å². The normalized spacial score (nSPS) is 15.3. The molecule has 4 aromatic rings. The van der Waals surface area contributed by atoms with Gasteiger partial charge < -0.3 is 10.2 Å². The average Bonchev–Trinajstić information content (AvgIpc) is 3.34. The average molecular weight is 644 g/mol. The summed E-state index contributed by atoms with van der Waals surface area (Å²) in [6, 6.07) is 9.65. The van der Waals surface area contributed by atoms with Crippen LogP contribution in [0.4, 0.5) is 13.2 Å². The first kappa shape index (κ1) is 29.6. The minimum Gasteiger partial charge on any atom is -0.355 e. The number of nitrogens with one attached hydrogen (secondary N) is 1. The maximum atomic E-state index is 14.1. The van der Waals surface area contributed by atoms with Gasteiger partial charge in [0.25, 0.3) is 17.4 Å². The van der Waals surface area contributed by atoms with Gasteiger partial charge in [-0.25, -0.2) is 4.52 Å². The second-order valence-corrected chi connectivity index (χ2v) is 11.7. The second kappa shape index (κ2) is 11.0. The number of nitrogens with zero attached hydrogens (tertiary/aromatic N) is 4. The SMILES string of the molecule is CNC(=O)c1ccc(-n2c(=O)c3c(n4ncc(CC(C)C)c24)CN(C(=O)c2ccc(Br)c(C(F)(F)F)c2)C(C)C3)cc1. The standard InChI is InChI=1S/C30H29BrF3N5O3/c1-16(2)11-20-14-36-39-25-15-37(28(41)19-7-10-24(31)23(13-19)30(32,33)34)17(3)12-22(25)29(42)38(27(20)39)21-8-5-18(6-9-21)26(40)35-4/h5-10,13-14,16-17H,11-12,15H2,1-4H3,(H,35,40). The highest BCUT2D eigenvalue weighted by Crippen LogP contribution is 2.36. The minimum atomic E-state index is -4.63. The van der Waals surface area contributed by atoms with Gasteiger partial charge in [-0.2, -0.15) is 18.3 Å². The Morgan fingerprint density at radius 2 is 1.79 bits per heavy atom. The summed E-state index contributed by atoms with van der Waals surface area (Å²) in [5, 5.41) is 7.20. The number of aromatic nitrogens is 3. The van der Waals surface area contributed by atoms with Crippen molar-refractivity contribution in [2.75, 3.05) is 7.05 Å². The maximum Gasteiger partial charge on any atom is 0.417 e. The Balaban J connectivity index is 1.64. The predicted octanol–water partition coefficient (Wildman–Crippen LogP) is 5.41. The molecular weight excluding hydrogens is 615 g/mol. The fraction of sp³-hybridized carbons (Fsp3) is 0.333. The van der Waals surface area contributed by atoms with Crippen LogP contribution in [-0.2, 0) is 25.6 Å². The van der Waals surface area contributed by atoms with E-state index in [0.717, 1.165) is 11.6 Å². The molecule has 12 heteroatoms. The van der Waals surface area contributed by atoms with Gasteiger partial charge in [0.1, 0.15) is 5.65 Å². The predicted molar refractivity (Wildman–Crippen MR) is 155 cm³/mol. The van der Waals surface area contributed by atoms with Crippen molar-refractivity contribution < 1.29 is 22.8 Å². The molecule has 1 aliphatic heterocycles. The van der Waals surface area contributed by atoms with Gasteiger partial charge in [0.05, 0.1) is 29.7 Å².